The molecule has 0 unspecified atom stereocenters. The summed E-state index contributed by atoms with van der Waals surface area (Å²) in [7, 11) is -3.85. The van der Waals surface area contributed by atoms with E-state index < -0.39 is 16.0 Å². The average Bonchev–Trinajstić information content (AvgIpc) is 2.92. The van der Waals surface area contributed by atoms with Gasteiger partial charge in [-0.1, -0.05) is 23.7 Å². The summed E-state index contributed by atoms with van der Waals surface area (Å²) < 4.78 is 38.1. The number of esters is 1. The van der Waals surface area contributed by atoms with Gasteiger partial charge in [-0.3, -0.25) is 4.72 Å². The molecule has 1 aromatic heterocycles. The zero-order valence-corrected chi connectivity index (χ0v) is 15.6. The van der Waals surface area contributed by atoms with Crippen LogP contribution in [0, 0.1) is 6.92 Å². The number of carbonyl (C=O) groups excluding carboxylic acids is 1. The molecular formula is C18H16ClNO5S. The van der Waals surface area contributed by atoms with E-state index in [1.807, 2.05) is 0 Å². The van der Waals surface area contributed by atoms with E-state index in [4.69, 9.17) is 20.8 Å². The summed E-state index contributed by atoms with van der Waals surface area (Å²) in [5.41, 5.74) is 1.38. The number of fused-ring (bicyclic) bond motifs is 1. The van der Waals surface area contributed by atoms with Crippen LogP contribution >= 0.6 is 11.6 Å². The van der Waals surface area contributed by atoms with Gasteiger partial charge in [0.25, 0.3) is 10.0 Å². The van der Waals surface area contributed by atoms with Crippen molar-refractivity contribution in [1.82, 2.24) is 0 Å². The Morgan fingerprint density at radius 1 is 1.23 bits per heavy atom. The fourth-order valence-corrected chi connectivity index (χ4v) is 4.12. The lowest BCUT2D eigenvalue weighted by Crippen LogP contribution is -2.13. The van der Waals surface area contributed by atoms with Crippen LogP contribution in [0.2, 0.25) is 5.02 Å². The Morgan fingerprint density at radius 2 is 1.96 bits per heavy atom. The number of hydrogen-bond acceptors (Lipinski definition) is 5. The molecule has 0 radical (unpaired) electrons. The van der Waals surface area contributed by atoms with E-state index in [1.54, 1.807) is 44.2 Å². The molecule has 0 amide bonds. The third-order valence-corrected chi connectivity index (χ3v) is 5.66. The maximum absolute atomic E-state index is 12.5. The number of furan rings is 1. The van der Waals surface area contributed by atoms with Gasteiger partial charge >= 0.3 is 5.97 Å². The molecule has 0 atom stereocenters. The molecule has 26 heavy (non-hydrogen) atoms. The molecule has 0 aliphatic rings. The van der Waals surface area contributed by atoms with Crippen LogP contribution in [0.3, 0.4) is 0 Å². The summed E-state index contributed by atoms with van der Waals surface area (Å²) in [6.45, 7) is 3.65. The monoisotopic (exact) mass is 393 g/mol. The second kappa shape index (κ2) is 7.01. The molecule has 0 spiro atoms. The van der Waals surface area contributed by atoms with Crippen LogP contribution in [-0.4, -0.2) is 21.0 Å². The first kappa shape index (κ1) is 18.3. The van der Waals surface area contributed by atoms with Gasteiger partial charge < -0.3 is 9.15 Å². The van der Waals surface area contributed by atoms with Gasteiger partial charge in [0, 0.05) is 16.6 Å². The van der Waals surface area contributed by atoms with Crippen LogP contribution in [0.5, 0.6) is 0 Å². The van der Waals surface area contributed by atoms with Crippen molar-refractivity contribution in [3.05, 3.63) is 58.8 Å². The number of carbonyl (C=O) groups is 1. The lowest BCUT2D eigenvalue weighted by Gasteiger charge is -2.09. The molecule has 0 aliphatic carbocycles. The predicted octanol–water partition coefficient (Wildman–Crippen LogP) is 4.37. The molecule has 3 rings (SSSR count). The second-order valence-corrected chi connectivity index (χ2v) is 7.58. The highest BCUT2D eigenvalue weighted by Crippen LogP contribution is 2.30. The van der Waals surface area contributed by atoms with Gasteiger partial charge in [0.05, 0.1) is 11.6 Å². The van der Waals surface area contributed by atoms with E-state index in [2.05, 4.69) is 4.72 Å². The maximum Gasteiger partial charge on any atom is 0.374 e. The smallest absolute Gasteiger partial charge is 0.374 e. The van der Waals surface area contributed by atoms with Crippen LogP contribution in [0.15, 0.2) is 51.8 Å². The standard InChI is InChI=1S/C18H16ClNO5S/c1-3-24-18(21)17-11(2)13-10-12(8-9-15(13)25-17)20-26(22,23)16-7-5-4-6-14(16)19/h4-10,20H,3H2,1-2H3. The maximum atomic E-state index is 12.5. The van der Waals surface area contributed by atoms with Gasteiger partial charge in [0.15, 0.2) is 0 Å². The zero-order chi connectivity index (χ0) is 18.9. The Morgan fingerprint density at radius 3 is 2.65 bits per heavy atom. The van der Waals surface area contributed by atoms with Gasteiger partial charge in [-0.2, -0.15) is 0 Å². The molecule has 3 aromatic rings. The molecule has 0 aliphatic heterocycles. The number of ether oxygens (including phenoxy) is 1. The van der Waals surface area contributed by atoms with Crippen LogP contribution in [0.1, 0.15) is 23.0 Å². The third-order valence-electron chi connectivity index (χ3n) is 3.78. The molecule has 6 nitrogen and oxygen atoms in total. The first-order valence-electron chi connectivity index (χ1n) is 7.81. The number of sulfonamides is 1. The van der Waals surface area contributed by atoms with E-state index in [1.165, 1.54) is 12.1 Å². The summed E-state index contributed by atoms with van der Waals surface area (Å²) in [5, 5.41) is 0.748. The highest BCUT2D eigenvalue weighted by Gasteiger charge is 2.21. The van der Waals surface area contributed by atoms with Crippen molar-refractivity contribution in [3.8, 4) is 0 Å². The minimum Gasteiger partial charge on any atom is -0.460 e. The number of rotatable bonds is 5. The number of anilines is 1. The minimum atomic E-state index is -3.85. The van der Waals surface area contributed by atoms with Crippen LogP contribution in [0.4, 0.5) is 5.69 Å². The molecule has 0 bridgehead atoms. The molecule has 1 N–H and O–H groups in total. The van der Waals surface area contributed by atoms with Crippen molar-refractivity contribution in [2.45, 2.75) is 18.7 Å². The molecule has 8 heteroatoms. The highest BCUT2D eigenvalue weighted by molar-refractivity contribution is 7.92. The van der Waals surface area contributed by atoms with Gasteiger partial charge in [-0.25, -0.2) is 13.2 Å². The normalized spacial score (nSPS) is 11.5. The highest BCUT2D eigenvalue weighted by atomic mass is 35.5. The third kappa shape index (κ3) is 3.40. The number of aryl methyl sites for hydroxylation is 1. The van der Waals surface area contributed by atoms with Crippen molar-refractivity contribution in [2.75, 3.05) is 11.3 Å². The summed E-state index contributed by atoms with van der Waals surface area (Å²) in [5.74, 6) is -0.452. The zero-order valence-electron chi connectivity index (χ0n) is 14.1. The summed E-state index contributed by atoms with van der Waals surface area (Å²) in [4.78, 5) is 11.9. The van der Waals surface area contributed by atoms with E-state index in [-0.39, 0.29) is 22.3 Å². The van der Waals surface area contributed by atoms with E-state index in [9.17, 15) is 13.2 Å². The van der Waals surface area contributed by atoms with Crippen molar-refractivity contribution in [3.63, 3.8) is 0 Å². The number of nitrogens with one attached hydrogen (secondary N) is 1. The fourth-order valence-electron chi connectivity index (χ4n) is 2.55. The average molecular weight is 394 g/mol. The van der Waals surface area contributed by atoms with Gasteiger partial charge in [-0.15, -0.1) is 0 Å². The van der Waals surface area contributed by atoms with Gasteiger partial charge in [0.1, 0.15) is 10.5 Å². The Bertz CT molecular complexity index is 1090. The van der Waals surface area contributed by atoms with E-state index >= 15 is 0 Å². The van der Waals surface area contributed by atoms with Crippen molar-refractivity contribution < 1.29 is 22.4 Å². The lowest BCUT2D eigenvalue weighted by atomic mass is 10.1. The minimum absolute atomic E-state index is 0.0158. The lowest BCUT2D eigenvalue weighted by molar-refractivity contribution is 0.0491. The molecule has 136 valence electrons. The SMILES string of the molecule is CCOC(=O)c1oc2ccc(NS(=O)(=O)c3ccccc3Cl)cc2c1C. The Hall–Kier alpha value is -2.51. The molecule has 0 saturated carbocycles. The summed E-state index contributed by atoms with van der Waals surface area (Å²) in [6, 6.07) is 10.9. The first-order chi connectivity index (χ1) is 12.3. The van der Waals surface area contributed by atoms with Crippen LogP contribution < -0.4 is 4.72 Å². The molecule has 2 aromatic carbocycles. The second-order valence-electron chi connectivity index (χ2n) is 5.52. The van der Waals surface area contributed by atoms with Crippen molar-refractivity contribution in [1.29, 1.82) is 0 Å². The summed E-state index contributed by atoms with van der Waals surface area (Å²) >= 11 is 5.98. The Balaban J connectivity index is 1.98. The topological polar surface area (TPSA) is 85.6 Å². The number of benzene rings is 2. The molecule has 0 fully saturated rings. The van der Waals surface area contributed by atoms with Crippen LogP contribution in [0.25, 0.3) is 11.0 Å². The van der Waals surface area contributed by atoms with Gasteiger partial charge in [-0.05, 0) is 44.2 Å². The largest absolute Gasteiger partial charge is 0.460 e. The Kier molecular flexibility index (Phi) is 4.93. The number of halogens is 1. The first-order valence-corrected chi connectivity index (χ1v) is 9.67. The van der Waals surface area contributed by atoms with E-state index in [0.717, 1.165) is 0 Å². The quantitative estimate of drug-likeness (QED) is 0.650. The Labute approximate surface area is 155 Å². The molecule has 1 heterocycles. The molecular weight excluding hydrogens is 378 g/mol. The number of hydrogen-bond donors (Lipinski definition) is 1. The van der Waals surface area contributed by atoms with E-state index in [0.29, 0.717) is 22.2 Å². The van der Waals surface area contributed by atoms with Crippen LogP contribution in [-0.2, 0) is 14.8 Å². The predicted molar refractivity (Wildman–Crippen MR) is 99.2 cm³/mol. The van der Waals surface area contributed by atoms with Crippen molar-refractivity contribution >= 4 is 44.3 Å². The van der Waals surface area contributed by atoms with Crippen molar-refractivity contribution in [2.24, 2.45) is 0 Å². The molecule has 0 saturated heterocycles. The van der Waals surface area contributed by atoms with Gasteiger partial charge in [0.2, 0.25) is 5.76 Å². The fraction of sp³-hybridized carbons (Fsp3) is 0.167. The summed E-state index contributed by atoms with van der Waals surface area (Å²) in [6.07, 6.45) is 0.